The molecule has 2 rings (SSSR count). The minimum atomic E-state index is -0.407. The second kappa shape index (κ2) is 8.44. The van der Waals surface area contributed by atoms with Crippen molar-refractivity contribution in [2.24, 2.45) is 0 Å². The zero-order valence-electron chi connectivity index (χ0n) is 14.8. The number of hydrogen-bond donors (Lipinski definition) is 3. The summed E-state index contributed by atoms with van der Waals surface area (Å²) >= 11 is 5.15. The molecule has 0 aliphatic heterocycles. The van der Waals surface area contributed by atoms with Crippen molar-refractivity contribution in [3.63, 3.8) is 0 Å². The van der Waals surface area contributed by atoms with Crippen LogP contribution >= 0.6 is 12.2 Å². The quantitative estimate of drug-likeness (QED) is 0.567. The van der Waals surface area contributed by atoms with Crippen LogP contribution in [0.2, 0.25) is 0 Å². The van der Waals surface area contributed by atoms with Gasteiger partial charge in [0.05, 0.1) is 17.5 Å². The first-order valence-electron chi connectivity index (χ1n) is 8.00. The third kappa shape index (κ3) is 6.18. The Labute approximate surface area is 157 Å². The van der Waals surface area contributed by atoms with Crippen molar-refractivity contribution in [3.8, 4) is 0 Å². The molecule has 0 fully saturated rings. The minimum absolute atomic E-state index is 0.0927. The standard InChI is InChI=1S/C19H21N3O3S/c1-19(2,3)22-17(24)14-8-4-5-9-15(14)20-18(26)21-16(23)11-10-13-7-6-12-25-13/h4-12H,1-3H3,(H,22,24)(H2,20,21,23,26). The summed E-state index contributed by atoms with van der Waals surface area (Å²) in [6, 6.07) is 10.4. The fourth-order valence-electron chi connectivity index (χ4n) is 2.05. The topological polar surface area (TPSA) is 83.4 Å². The molecule has 0 unspecified atom stereocenters. The van der Waals surface area contributed by atoms with Crippen LogP contribution in [0.3, 0.4) is 0 Å². The summed E-state index contributed by atoms with van der Waals surface area (Å²) in [5.74, 6) is -0.0776. The lowest BCUT2D eigenvalue weighted by Crippen LogP contribution is -2.41. The Hall–Kier alpha value is -2.93. The van der Waals surface area contributed by atoms with E-state index in [0.717, 1.165) is 0 Å². The number of rotatable bonds is 4. The third-order valence-corrected chi connectivity index (χ3v) is 3.29. The Morgan fingerprint density at radius 1 is 1.12 bits per heavy atom. The second-order valence-electron chi connectivity index (χ2n) is 6.54. The van der Waals surface area contributed by atoms with E-state index in [1.165, 1.54) is 18.4 Å². The van der Waals surface area contributed by atoms with Gasteiger partial charge in [0.2, 0.25) is 5.91 Å². The molecule has 0 aliphatic carbocycles. The van der Waals surface area contributed by atoms with Crippen LogP contribution in [0.5, 0.6) is 0 Å². The van der Waals surface area contributed by atoms with Gasteiger partial charge in [-0.25, -0.2) is 0 Å². The van der Waals surface area contributed by atoms with E-state index in [4.69, 9.17) is 16.6 Å². The van der Waals surface area contributed by atoms with E-state index in [1.54, 1.807) is 36.4 Å². The molecule has 1 heterocycles. The number of benzene rings is 1. The predicted molar refractivity (Wildman–Crippen MR) is 106 cm³/mol. The molecule has 0 saturated carbocycles. The lowest BCUT2D eigenvalue weighted by atomic mass is 10.1. The number of hydrogen-bond acceptors (Lipinski definition) is 4. The van der Waals surface area contributed by atoms with Gasteiger partial charge >= 0.3 is 0 Å². The molecule has 136 valence electrons. The van der Waals surface area contributed by atoms with Gasteiger partial charge in [-0.1, -0.05) is 12.1 Å². The van der Waals surface area contributed by atoms with Crippen LogP contribution in [0.15, 0.2) is 53.2 Å². The first-order chi connectivity index (χ1) is 12.2. The maximum atomic E-state index is 12.4. The number of carbonyl (C=O) groups is 2. The summed E-state index contributed by atoms with van der Waals surface area (Å²) in [7, 11) is 0. The number of furan rings is 1. The van der Waals surface area contributed by atoms with Crippen LogP contribution in [-0.2, 0) is 4.79 Å². The summed E-state index contributed by atoms with van der Waals surface area (Å²) in [5.41, 5.74) is 0.579. The number of thiocarbonyl (C=S) groups is 1. The van der Waals surface area contributed by atoms with E-state index < -0.39 is 5.91 Å². The molecule has 0 spiro atoms. The first-order valence-corrected chi connectivity index (χ1v) is 8.40. The van der Waals surface area contributed by atoms with Crippen molar-refractivity contribution in [2.75, 3.05) is 5.32 Å². The van der Waals surface area contributed by atoms with E-state index in [-0.39, 0.29) is 16.6 Å². The second-order valence-corrected chi connectivity index (χ2v) is 6.95. The summed E-state index contributed by atoms with van der Waals surface area (Å²) in [6.07, 6.45) is 4.36. The Kier molecular flexibility index (Phi) is 6.30. The molecule has 0 bridgehead atoms. The maximum absolute atomic E-state index is 12.4. The van der Waals surface area contributed by atoms with Gasteiger partial charge in [-0.3, -0.25) is 14.9 Å². The largest absolute Gasteiger partial charge is 0.465 e. The van der Waals surface area contributed by atoms with Gasteiger partial charge in [-0.15, -0.1) is 0 Å². The molecule has 2 aromatic rings. The number of nitrogens with one attached hydrogen (secondary N) is 3. The highest BCUT2D eigenvalue weighted by atomic mass is 32.1. The minimum Gasteiger partial charge on any atom is -0.465 e. The molecule has 1 aromatic heterocycles. The first kappa shape index (κ1) is 19.4. The lowest BCUT2D eigenvalue weighted by molar-refractivity contribution is -0.115. The van der Waals surface area contributed by atoms with Crippen molar-refractivity contribution < 1.29 is 14.0 Å². The van der Waals surface area contributed by atoms with E-state index in [0.29, 0.717) is 17.0 Å². The van der Waals surface area contributed by atoms with E-state index >= 15 is 0 Å². The fourth-order valence-corrected chi connectivity index (χ4v) is 2.26. The predicted octanol–water partition coefficient (Wildman–Crippen LogP) is 3.33. The van der Waals surface area contributed by atoms with Crippen molar-refractivity contribution >= 4 is 40.9 Å². The Bertz CT molecular complexity index is 821. The van der Waals surface area contributed by atoms with E-state index in [9.17, 15) is 9.59 Å². The molecular weight excluding hydrogens is 350 g/mol. The molecule has 2 amide bonds. The van der Waals surface area contributed by atoms with Crippen LogP contribution in [0, 0.1) is 0 Å². The van der Waals surface area contributed by atoms with E-state index in [2.05, 4.69) is 16.0 Å². The normalized spacial score (nSPS) is 11.2. The van der Waals surface area contributed by atoms with Gasteiger partial charge in [0.15, 0.2) is 5.11 Å². The van der Waals surface area contributed by atoms with Gasteiger partial charge < -0.3 is 15.1 Å². The maximum Gasteiger partial charge on any atom is 0.253 e. The molecule has 26 heavy (non-hydrogen) atoms. The van der Waals surface area contributed by atoms with Gasteiger partial charge in [0, 0.05) is 11.6 Å². The van der Waals surface area contributed by atoms with Crippen molar-refractivity contribution in [3.05, 3.63) is 60.1 Å². The Morgan fingerprint density at radius 2 is 1.85 bits per heavy atom. The molecule has 0 atom stereocenters. The van der Waals surface area contributed by atoms with Gasteiger partial charge in [-0.2, -0.15) is 0 Å². The van der Waals surface area contributed by atoms with Crippen molar-refractivity contribution in [1.82, 2.24) is 10.6 Å². The summed E-state index contributed by atoms with van der Waals surface area (Å²) in [5, 5.41) is 8.40. The summed E-state index contributed by atoms with van der Waals surface area (Å²) in [6.45, 7) is 5.70. The number of carbonyl (C=O) groups excluding carboxylic acids is 2. The molecule has 3 N–H and O–H groups in total. The van der Waals surface area contributed by atoms with Crippen molar-refractivity contribution in [2.45, 2.75) is 26.3 Å². The highest BCUT2D eigenvalue weighted by Crippen LogP contribution is 2.16. The Morgan fingerprint density at radius 3 is 2.50 bits per heavy atom. The highest BCUT2D eigenvalue weighted by molar-refractivity contribution is 7.80. The van der Waals surface area contributed by atoms with Gasteiger partial charge in [0.1, 0.15) is 5.76 Å². The highest BCUT2D eigenvalue weighted by Gasteiger charge is 2.18. The average Bonchev–Trinajstić information content (AvgIpc) is 3.05. The van der Waals surface area contributed by atoms with Gasteiger partial charge in [0.25, 0.3) is 5.91 Å². The van der Waals surface area contributed by atoms with Crippen LogP contribution in [0.1, 0.15) is 36.9 Å². The van der Waals surface area contributed by atoms with Crippen LogP contribution in [0.25, 0.3) is 6.08 Å². The molecule has 0 saturated heterocycles. The average molecular weight is 371 g/mol. The number of anilines is 1. The molecule has 1 aromatic carbocycles. The smallest absolute Gasteiger partial charge is 0.253 e. The van der Waals surface area contributed by atoms with Gasteiger partial charge in [-0.05, 0) is 63.3 Å². The summed E-state index contributed by atoms with van der Waals surface area (Å²) in [4.78, 5) is 24.3. The van der Waals surface area contributed by atoms with Crippen LogP contribution < -0.4 is 16.0 Å². The van der Waals surface area contributed by atoms with Crippen LogP contribution in [-0.4, -0.2) is 22.5 Å². The van der Waals surface area contributed by atoms with Crippen LogP contribution in [0.4, 0.5) is 5.69 Å². The number of amides is 2. The third-order valence-electron chi connectivity index (χ3n) is 3.09. The zero-order chi connectivity index (χ0) is 19.2. The monoisotopic (exact) mass is 371 g/mol. The van der Waals surface area contributed by atoms with E-state index in [1.807, 2.05) is 20.8 Å². The zero-order valence-corrected chi connectivity index (χ0v) is 15.6. The fraction of sp³-hybridized carbons (Fsp3) is 0.211. The molecule has 0 radical (unpaired) electrons. The SMILES string of the molecule is CC(C)(C)NC(=O)c1ccccc1NC(=S)NC(=O)C=Cc1ccco1. The Balaban J connectivity index is 2.00. The van der Waals surface area contributed by atoms with Crippen molar-refractivity contribution in [1.29, 1.82) is 0 Å². The molecule has 7 heteroatoms. The molecule has 6 nitrogen and oxygen atoms in total. The summed E-state index contributed by atoms with van der Waals surface area (Å²) < 4.78 is 5.11. The lowest BCUT2D eigenvalue weighted by Gasteiger charge is -2.21. The number of para-hydroxylation sites is 1. The molecular formula is C19H21N3O3S. The molecule has 0 aliphatic rings.